The number of rotatable bonds is 7. The fourth-order valence-corrected chi connectivity index (χ4v) is 4.58. The van der Waals surface area contributed by atoms with Crippen molar-refractivity contribution in [3.63, 3.8) is 0 Å². The summed E-state index contributed by atoms with van der Waals surface area (Å²) in [6.07, 6.45) is -3.14. The van der Waals surface area contributed by atoms with Gasteiger partial charge in [0.1, 0.15) is 0 Å². The molecule has 1 saturated carbocycles. The predicted molar refractivity (Wildman–Crippen MR) is 126 cm³/mol. The lowest BCUT2D eigenvalue weighted by Crippen LogP contribution is -2.49. The van der Waals surface area contributed by atoms with Crippen molar-refractivity contribution in [3.8, 4) is 6.01 Å². The average Bonchev–Trinajstić information content (AvgIpc) is 2.87. The van der Waals surface area contributed by atoms with E-state index in [2.05, 4.69) is 20.3 Å². The molecule has 1 saturated heterocycles. The number of halogens is 6. The fraction of sp³-hybridized carbons (Fsp3) is 0.583. The molecule has 1 aliphatic carbocycles. The molecule has 1 aromatic carbocycles. The van der Waals surface area contributed by atoms with Crippen molar-refractivity contribution in [3.05, 3.63) is 29.8 Å². The van der Waals surface area contributed by atoms with E-state index in [4.69, 9.17) is 4.74 Å². The van der Waals surface area contributed by atoms with E-state index in [1.165, 1.54) is 18.6 Å². The Bertz CT molecular complexity index is 1100. The molecular weight excluding hydrogens is 518 g/mol. The Morgan fingerprint density at radius 3 is 2.34 bits per heavy atom. The minimum atomic E-state index is -4.65. The number of amides is 1. The summed E-state index contributed by atoms with van der Waals surface area (Å²) in [6, 6.07) is 3.61. The first kappa shape index (κ1) is 27.7. The van der Waals surface area contributed by atoms with E-state index in [1.807, 2.05) is 0 Å². The number of carbonyl (C=O) groups is 1. The topological polar surface area (TPSA) is 83.5 Å². The number of alkyl halides is 6. The third kappa shape index (κ3) is 7.84. The summed E-state index contributed by atoms with van der Waals surface area (Å²) in [4.78, 5) is 28.2. The predicted octanol–water partition coefficient (Wildman–Crippen LogP) is 5.19. The van der Waals surface area contributed by atoms with E-state index < -0.39 is 30.5 Å². The molecule has 0 radical (unpaired) electrons. The van der Waals surface area contributed by atoms with Crippen molar-refractivity contribution in [2.45, 2.75) is 50.9 Å². The van der Waals surface area contributed by atoms with Crippen molar-refractivity contribution < 1.29 is 35.9 Å². The first-order valence-electron chi connectivity index (χ1n) is 12.4. The van der Waals surface area contributed by atoms with E-state index in [9.17, 15) is 31.1 Å². The summed E-state index contributed by atoms with van der Waals surface area (Å²) in [6.45, 7) is -0.244. The van der Waals surface area contributed by atoms with Crippen molar-refractivity contribution in [2.75, 3.05) is 43.0 Å². The quantitative estimate of drug-likeness (QED) is 0.479. The van der Waals surface area contributed by atoms with Crippen LogP contribution in [-0.2, 0) is 11.0 Å². The molecule has 0 unspecified atom stereocenters. The number of hydrogen-bond acceptors (Lipinski definition) is 7. The summed E-state index contributed by atoms with van der Waals surface area (Å²) in [5, 5.41) is 2.59. The molecule has 1 aliphatic heterocycles. The molecule has 14 heteroatoms. The third-order valence-corrected chi connectivity index (χ3v) is 6.52. The first-order valence-corrected chi connectivity index (χ1v) is 12.4. The maximum Gasteiger partial charge on any atom is 0.422 e. The van der Waals surface area contributed by atoms with E-state index in [1.54, 1.807) is 9.80 Å². The van der Waals surface area contributed by atoms with Gasteiger partial charge in [0.25, 0.3) is 0 Å². The van der Waals surface area contributed by atoms with Crippen molar-refractivity contribution in [2.24, 2.45) is 5.92 Å². The molecule has 0 atom stereocenters. The highest BCUT2D eigenvalue weighted by Gasteiger charge is 2.32. The van der Waals surface area contributed by atoms with Gasteiger partial charge in [0.05, 0.1) is 5.56 Å². The van der Waals surface area contributed by atoms with Gasteiger partial charge in [-0.2, -0.15) is 41.3 Å². The van der Waals surface area contributed by atoms with Gasteiger partial charge >= 0.3 is 18.4 Å². The molecule has 0 spiro atoms. The fourth-order valence-electron chi connectivity index (χ4n) is 4.58. The van der Waals surface area contributed by atoms with Gasteiger partial charge < -0.3 is 19.9 Å². The molecule has 1 aromatic heterocycles. The molecule has 2 heterocycles. The molecule has 0 bridgehead atoms. The number of aromatic nitrogens is 3. The molecule has 1 amide bonds. The molecule has 4 rings (SSSR count). The Kier molecular flexibility index (Phi) is 8.46. The summed E-state index contributed by atoms with van der Waals surface area (Å²) in [5.41, 5.74) is -0.934. The largest absolute Gasteiger partial charge is 0.454 e. The minimum Gasteiger partial charge on any atom is -0.454 e. The van der Waals surface area contributed by atoms with E-state index in [-0.39, 0.29) is 23.5 Å². The number of hydrogen-bond donors (Lipinski definition) is 1. The van der Waals surface area contributed by atoms with Crippen molar-refractivity contribution in [1.82, 2.24) is 19.9 Å². The van der Waals surface area contributed by atoms with Gasteiger partial charge in [-0.15, -0.1) is 0 Å². The number of benzene rings is 1. The summed E-state index contributed by atoms with van der Waals surface area (Å²) >= 11 is 0. The van der Waals surface area contributed by atoms with Gasteiger partial charge in [-0.1, -0.05) is 25.3 Å². The Hall–Kier alpha value is -3.32. The number of nitrogens with one attached hydrogen (secondary N) is 1. The van der Waals surface area contributed by atoms with Crippen LogP contribution in [0.1, 0.15) is 44.1 Å². The van der Waals surface area contributed by atoms with Crippen molar-refractivity contribution in [1.29, 1.82) is 0 Å². The molecule has 2 aliphatic rings. The lowest BCUT2D eigenvalue weighted by atomic mass is 9.86. The van der Waals surface area contributed by atoms with Gasteiger partial charge in [0.2, 0.25) is 17.8 Å². The van der Waals surface area contributed by atoms with E-state index >= 15 is 0 Å². The van der Waals surface area contributed by atoms with Gasteiger partial charge in [-0.3, -0.25) is 4.79 Å². The summed E-state index contributed by atoms with van der Waals surface area (Å²) in [5.74, 6) is 0.192. The monoisotopic (exact) mass is 546 g/mol. The van der Waals surface area contributed by atoms with Crippen LogP contribution in [0.5, 0.6) is 6.01 Å². The SMILES string of the molecule is O=C(CC1CCCCC1)N1CCN(c2nc(Nc3cccc(C(F)(F)F)c3)nc(OCC(F)(F)F)n2)CC1. The average molecular weight is 547 g/mol. The summed E-state index contributed by atoms with van der Waals surface area (Å²) in [7, 11) is 0. The molecule has 2 fully saturated rings. The number of carbonyl (C=O) groups excluding carboxylic acids is 1. The molecular formula is C24H28F6N6O2. The molecule has 208 valence electrons. The highest BCUT2D eigenvalue weighted by molar-refractivity contribution is 5.76. The van der Waals surface area contributed by atoms with Crippen LogP contribution in [-0.4, -0.2) is 64.7 Å². The summed E-state index contributed by atoms with van der Waals surface area (Å²) < 4.78 is 82.1. The van der Waals surface area contributed by atoms with Crippen LogP contribution in [0.3, 0.4) is 0 Å². The standard InChI is InChI=1S/C24H28F6N6O2/c25-23(26,27)15-38-22-33-20(31-18-8-4-7-17(14-18)24(28,29)30)32-21(34-22)36-11-9-35(10-12-36)19(37)13-16-5-2-1-3-6-16/h4,7-8,14,16H,1-3,5-6,9-13,15H2,(H,31,32,33,34). The van der Waals surface area contributed by atoms with Crippen LogP contribution in [0.15, 0.2) is 24.3 Å². The zero-order chi connectivity index (χ0) is 27.3. The van der Waals surface area contributed by atoms with E-state index in [0.717, 1.165) is 37.8 Å². The van der Waals surface area contributed by atoms with Crippen LogP contribution in [0.25, 0.3) is 0 Å². The Balaban J connectivity index is 1.47. The molecule has 2 aromatic rings. The van der Waals surface area contributed by atoms with Gasteiger partial charge in [-0.25, -0.2) is 0 Å². The number of nitrogens with zero attached hydrogens (tertiary/aromatic N) is 5. The second-order valence-corrected chi connectivity index (χ2v) is 9.43. The highest BCUT2D eigenvalue weighted by Crippen LogP contribution is 2.32. The maximum absolute atomic E-state index is 13.1. The second kappa shape index (κ2) is 11.6. The molecule has 1 N–H and O–H groups in total. The minimum absolute atomic E-state index is 0.00831. The highest BCUT2D eigenvalue weighted by atomic mass is 19.4. The smallest absolute Gasteiger partial charge is 0.422 e. The van der Waals surface area contributed by atoms with Crippen LogP contribution in [0.2, 0.25) is 0 Å². The van der Waals surface area contributed by atoms with Crippen LogP contribution >= 0.6 is 0 Å². The Morgan fingerprint density at radius 2 is 1.68 bits per heavy atom. The number of ether oxygens (including phenoxy) is 1. The van der Waals surface area contributed by atoms with Crippen LogP contribution in [0.4, 0.5) is 43.9 Å². The zero-order valence-electron chi connectivity index (χ0n) is 20.5. The first-order chi connectivity index (χ1) is 18.0. The number of piperazine rings is 1. The van der Waals surface area contributed by atoms with Crippen LogP contribution < -0.4 is 15.0 Å². The van der Waals surface area contributed by atoms with Gasteiger partial charge in [0, 0.05) is 38.3 Å². The third-order valence-electron chi connectivity index (χ3n) is 6.52. The van der Waals surface area contributed by atoms with E-state index in [0.29, 0.717) is 38.5 Å². The maximum atomic E-state index is 13.1. The Morgan fingerprint density at radius 1 is 0.974 bits per heavy atom. The molecule has 38 heavy (non-hydrogen) atoms. The lowest BCUT2D eigenvalue weighted by Gasteiger charge is -2.35. The zero-order valence-corrected chi connectivity index (χ0v) is 20.5. The van der Waals surface area contributed by atoms with Gasteiger partial charge in [0.15, 0.2) is 6.61 Å². The van der Waals surface area contributed by atoms with Crippen molar-refractivity contribution >= 4 is 23.5 Å². The van der Waals surface area contributed by atoms with Gasteiger partial charge in [-0.05, 0) is 37.0 Å². The number of anilines is 3. The Labute approximate surface area is 215 Å². The lowest BCUT2D eigenvalue weighted by molar-refractivity contribution is -0.154. The second-order valence-electron chi connectivity index (χ2n) is 9.43. The normalized spacial score (nSPS) is 17.4. The molecule has 8 nitrogen and oxygen atoms in total. The van der Waals surface area contributed by atoms with Crippen LogP contribution in [0, 0.1) is 5.92 Å².